The van der Waals surface area contributed by atoms with Gasteiger partial charge in [0.2, 0.25) is 5.91 Å². The van der Waals surface area contributed by atoms with Gasteiger partial charge in [0.05, 0.1) is 6.04 Å². The van der Waals surface area contributed by atoms with Gasteiger partial charge in [-0.3, -0.25) is 4.79 Å². The number of halogens is 1. The topological polar surface area (TPSA) is 41.1 Å². The molecule has 1 aliphatic heterocycles. The number of rotatable bonds is 2. The molecule has 2 aromatic carbocycles. The van der Waals surface area contributed by atoms with Gasteiger partial charge in [-0.05, 0) is 64.4 Å². The Kier molecular flexibility index (Phi) is 4.03. The lowest BCUT2D eigenvalue weighted by molar-refractivity contribution is -0.118. The molecule has 0 saturated heterocycles. The third-order valence-corrected chi connectivity index (χ3v) is 4.23. The molecule has 0 bridgehead atoms. The molecular weight excluding hydrogens is 363 g/mol. The molecule has 0 saturated carbocycles. The van der Waals surface area contributed by atoms with Gasteiger partial charge in [0, 0.05) is 15.8 Å². The van der Waals surface area contributed by atoms with Crippen LogP contribution in [-0.2, 0) is 17.8 Å². The molecule has 2 aromatic rings. The van der Waals surface area contributed by atoms with Gasteiger partial charge < -0.3 is 10.6 Å². The van der Waals surface area contributed by atoms with E-state index in [0.29, 0.717) is 0 Å². The second kappa shape index (κ2) is 5.93. The fraction of sp³-hybridized carbons (Fsp3) is 0.188. The lowest BCUT2D eigenvalue weighted by Crippen LogP contribution is -2.44. The summed E-state index contributed by atoms with van der Waals surface area (Å²) in [5.74, 6) is 0.0284. The van der Waals surface area contributed by atoms with Crippen molar-refractivity contribution in [2.75, 3.05) is 5.32 Å². The Labute approximate surface area is 131 Å². The molecule has 4 heteroatoms. The van der Waals surface area contributed by atoms with Gasteiger partial charge in [-0.25, -0.2) is 0 Å². The Hall–Kier alpha value is -1.40. The monoisotopic (exact) mass is 378 g/mol. The molecule has 3 rings (SSSR count). The molecule has 1 heterocycles. The van der Waals surface area contributed by atoms with Crippen LogP contribution in [0, 0.1) is 3.57 Å². The summed E-state index contributed by atoms with van der Waals surface area (Å²) in [6, 6.07) is 15.9. The fourth-order valence-electron chi connectivity index (χ4n) is 2.40. The van der Waals surface area contributed by atoms with Crippen molar-refractivity contribution in [3.05, 3.63) is 63.2 Å². The van der Waals surface area contributed by atoms with Crippen molar-refractivity contribution in [1.29, 1.82) is 0 Å². The van der Waals surface area contributed by atoms with E-state index in [1.807, 2.05) is 36.4 Å². The highest BCUT2D eigenvalue weighted by molar-refractivity contribution is 14.1. The zero-order valence-corrected chi connectivity index (χ0v) is 13.1. The van der Waals surface area contributed by atoms with Crippen LogP contribution in [0.15, 0.2) is 48.5 Å². The molecule has 0 aliphatic carbocycles. The van der Waals surface area contributed by atoms with Gasteiger partial charge in [-0.15, -0.1) is 0 Å². The number of anilines is 1. The molecule has 0 radical (unpaired) electrons. The molecule has 1 amide bonds. The summed E-state index contributed by atoms with van der Waals surface area (Å²) in [6.07, 6.45) is 0.742. The van der Waals surface area contributed by atoms with E-state index in [1.54, 1.807) is 0 Å². The Bertz CT molecular complexity index is 625. The van der Waals surface area contributed by atoms with Gasteiger partial charge in [0.15, 0.2) is 0 Å². The highest BCUT2D eigenvalue weighted by Gasteiger charge is 2.23. The van der Waals surface area contributed by atoms with E-state index in [-0.39, 0.29) is 11.9 Å². The van der Waals surface area contributed by atoms with E-state index in [4.69, 9.17) is 0 Å². The first-order valence-corrected chi connectivity index (χ1v) is 7.67. The van der Waals surface area contributed by atoms with Crippen LogP contribution < -0.4 is 10.6 Å². The number of fused-ring (bicyclic) bond motifs is 1. The molecule has 0 spiro atoms. The Morgan fingerprint density at radius 1 is 1.10 bits per heavy atom. The van der Waals surface area contributed by atoms with Crippen LogP contribution in [-0.4, -0.2) is 11.9 Å². The number of amides is 1. The first-order valence-electron chi connectivity index (χ1n) is 6.59. The third-order valence-electron chi connectivity index (χ3n) is 3.51. The van der Waals surface area contributed by atoms with Gasteiger partial charge in [-0.1, -0.05) is 24.3 Å². The van der Waals surface area contributed by atoms with Crippen molar-refractivity contribution in [1.82, 2.24) is 5.32 Å². The molecule has 1 atom stereocenters. The Balaban J connectivity index is 1.68. The third kappa shape index (κ3) is 3.02. The predicted molar refractivity (Wildman–Crippen MR) is 88.6 cm³/mol. The van der Waals surface area contributed by atoms with E-state index in [1.165, 1.54) is 11.1 Å². The molecule has 102 valence electrons. The van der Waals surface area contributed by atoms with E-state index in [9.17, 15) is 4.79 Å². The predicted octanol–water partition coefficient (Wildman–Crippen LogP) is 2.94. The number of carbonyl (C=O) groups excluding carboxylic acids is 1. The highest BCUT2D eigenvalue weighted by atomic mass is 127. The van der Waals surface area contributed by atoms with Crippen LogP contribution in [0.2, 0.25) is 0 Å². The Morgan fingerprint density at radius 3 is 2.55 bits per heavy atom. The van der Waals surface area contributed by atoms with Gasteiger partial charge in [0.25, 0.3) is 0 Å². The summed E-state index contributed by atoms with van der Waals surface area (Å²) in [7, 11) is 0. The van der Waals surface area contributed by atoms with Crippen molar-refractivity contribution < 1.29 is 4.79 Å². The molecule has 0 unspecified atom stereocenters. The molecule has 1 aliphatic rings. The quantitative estimate of drug-likeness (QED) is 0.790. The SMILES string of the molecule is O=C(Nc1ccc(I)cc1)[C@@H]1Cc2ccccc2CN1. The first-order chi connectivity index (χ1) is 9.72. The van der Waals surface area contributed by atoms with E-state index < -0.39 is 0 Å². The maximum absolute atomic E-state index is 12.3. The largest absolute Gasteiger partial charge is 0.325 e. The number of carbonyl (C=O) groups is 1. The fourth-order valence-corrected chi connectivity index (χ4v) is 2.76. The lowest BCUT2D eigenvalue weighted by Gasteiger charge is -2.25. The standard InChI is InChI=1S/C16H15IN2O/c17-13-5-7-14(8-6-13)19-16(20)15-9-11-3-1-2-4-12(11)10-18-15/h1-8,15,18H,9-10H2,(H,19,20)/t15-/m0/s1. The van der Waals surface area contributed by atoms with Crippen molar-refractivity contribution >= 4 is 34.2 Å². The maximum atomic E-state index is 12.3. The minimum Gasteiger partial charge on any atom is -0.325 e. The van der Waals surface area contributed by atoms with Crippen LogP contribution in [0.4, 0.5) is 5.69 Å². The molecule has 0 aromatic heterocycles. The summed E-state index contributed by atoms with van der Waals surface area (Å²) in [4.78, 5) is 12.3. The van der Waals surface area contributed by atoms with Gasteiger partial charge in [-0.2, -0.15) is 0 Å². The van der Waals surface area contributed by atoms with Crippen LogP contribution >= 0.6 is 22.6 Å². The average molecular weight is 378 g/mol. The summed E-state index contributed by atoms with van der Waals surface area (Å²) < 4.78 is 1.16. The van der Waals surface area contributed by atoms with Crippen molar-refractivity contribution in [2.45, 2.75) is 19.0 Å². The number of nitrogens with one attached hydrogen (secondary N) is 2. The highest BCUT2D eigenvalue weighted by Crippen LogP contribution is 2.18. The zero-order chi connectivity index (χ0) is 13.9. The number of hydrogen-bond acceptors (Lipinski definition) is 2. The number of benzene rings is 2. The average Bonchev–Trinajstić information content (AvgIpc) is 2.49. The second-order valence-electron chi connectivity index (χ2n) is 4.90. The molecule has 0 fully saturated rings. The van der Waals surface area contributed by atoms with Crippen LogP contribution in [0.3, 0.4) is 0 Å². The minimum absolute atomic E-state index is 0.0284. The Morgan fingerprint density at radius 2 is 1.80 bits per heavy atom. The van der Waals surface area contributed by atoms with E-state index in [2.05, 4.69) is 45.4 Å². The van der Waals surface area contributed by atoms with Crippen molar-refractivity contribution in [3.63, 3.8) is 0 Å². The molecular formula is C16H15IN2O. The molecule has 20 heavy (non-hydrogen) atoms. The normalized spacial score (nSPS) is 17.4. The van der Waals surface area contributed by atoms with Crippen molar-refractivity contribution in [2.24, 2.45) is 0 Å². The van der Waals surface area contributed by atoms with Crippen molar-refractivity contribution in [3.8, 4) is 0 Å². The summed E-state index contributed by atoms with van der Waals surface area (Å²) in [5, 5.41) is 6.26. The summed E-state index contributed by atoms with van der Waals surface area (Å²) in [5.41, 5.74) is 3.39. The molecule has 3 nitrogen and oxygen atoms in total. The van der Waals surface area contributed by atoms with Crippen LogP contribution in [0.1, 0.15) is 11.1 Å². The number of hydrogen-bond donors (Lipinski definition) is 2. The van der Waals surface area contributed by atoms with Gasteiger partial charge in [0.1, 0.15) is 0 Å². The van der Waals surface area contributed by atoms with E-state index in [0.717, 1.165) is 22.2 Å². The summed E-state index contributed by atoms with van der Waals surface area (Å²) >= 11 is 2.25. The van der Waals surface area contributed by atoms with Gasteiger partial charge >= 0.3 is 0 Å². The van der Waals surface area contributed by atoms with E-state index >= 15 is 0 Å². The smallest absolute Gasteiger partial charge is 0.241 e. The second-order valence-corrected chi connectivity index (χ2v) is 6.15. The van der Waals surface area contributed by atoms with Crippen LogP contribution in [0.25, 0.3) is 0 Å². The van der Waals surface area contributed by atoms with Crippen LogP contribution in [0.5, 0.6) is 0 Å². The maximum Gasteiger partial charge on any atom is 0.241 e. The first kappa shape index (κ1) is 13.6. The lowest BCUT2D eigenvalue weighted by atomic mass is 9.95. The minimum atomic E-state index is -0.163. The zero-order valence-electron chi connectivity index (χ0n) is 10.9. The molecule has 2 N–H and O–H groups in total. The summed E-state index contributed by atoms with van der Waals surface area (Å²) in [6.45, 7) is 0.751.